The van der Waals surface area contributed by atoms with Crippen molar-refractivity contribution >= 4 is 33.0 Å². The molecule has 7 nitrogen and oxygen atoms in total. The predicted molar refractivity (Wildman–Crippen MR) is 93.5 cm³/mol. The zero-order valence-electron chi connectivity index (χ0n) is 13.4. The van der Waals surface area contributed by atoms with E-state index in [1.165, 1.54) is 6.07 Å². The summed E-state index contributed by atoms with van der Waals surface area (Å²) < 4.78 is 23.2. The van der Waals surface area contributed by atoms with Crippen LogP contribution in [-0.2, 0) is 9.84 Å². The lowest BCUT2D eigenvalue weighted by Gasteiger charge is -2.15. The largest absolute Gasteiger partial charge is 0.346 e. The van der Waals surface area contributed by atoms with E-state index in [9.17, 15) is 23.3 Å². The third kappa shape index (κ3) is 4.55. The molecule has 25 heavy (non-hydrogen) atoms. The number of amides is 1. The van der Waals surface area contributed by atoms with Gasteiger partial charge in [-0.15, -0.1) is 0 Å². The molecule has 0 saturated carbocycles. The number of rotatable bonds is 5. The molecule has 2 rings (SSSR count). The van der Waals surface area contributed by atoms with Crippen LogP contribution in [-0.4, -0.2) is 25.5 Å². The molecule has 1 N–H and O–H groups in total. The second-order valence-corrected chi connectivity index (χ2v) is 7.88. The van der Waals surface area contributed by atoms with Crippen LogP contribution >= 0.6 is 11.6 Å². The number of hydrogen-bond donors (Lipinski definition) is 1. The maximum absolute atomic E-state index is 12.3. The molecule has 0 heterocycles. The van der Waals surface area contributed by atoms with Gasteiger partial charge < -0.3 is 5.32 Å². The minimum atomic E-state index is -3.78. The molecule has 1 amide bonds. The van der Waals surface area contributed by atoms with Gasteiger partial charge in [-0.1, -0.05) is 23.7 Å². The summed E-state index contributed by atoms with van der Waals surface area (Å²) in [6.45, 7) is 1.74. The summed E-state index contributed by atoms with van der Waals surface area (Å²) in [4.78, 5) is 22.2. The van der Waals surface area contributed by atoms with Crippen LogP contribution in [0.5, 0.6) is 0 Å². The van der Waals surface area contributed by atoms with Crippen molar-refractivity contribution in [1.82, 2.24) is 5.32 Å². The fourth-order valence-corrected chi connectivity index (χ4v) is 3.28. The molecule has 0 bridgehead atoms. The first-order valence-corrected chi connectivity index (χ1v) is 9.41. The van der Waals surface area contributed by atoms with Crippen molar-refractivity contribution < 1.29 is 18.1 Å². The van der Waals surface area contributed by atoms with E-state index in [-0.39, 0.29) is 11.6 Å². The van der Waals surface area contributed by atoms with Gasteiger partial charge >= 0.3 is 0 Å². The molecule has 1 atom stereocenters. The van der Waals surface area contributed by atoms with Gasteiger partial charge in [-0.3, -0.25) is 14.9 Å². The number of carbonyl (C=O) groups excluding carboxylic acids is 1. The van der Waals surface area contributed by atoms with Gasteiger partial charge in [0.1, 0.15) is 4.90 Å². The molecule has 0 fully saturated rings. The second-order valence-electron chi connectivity index (χ2n) is 5.46. The lowest BCUT2D eigenvalue weighted by molar-refractivity contribution is -0.387. The summed E-state index contributed by atoms with van der Waals surface area (Å²) in [7, 11) is -3.78. The Balaban J connectivity index is 2.31. The highest BCUT2D eigenvalue weighted by Crippen LogP contribution is 2.25. The van der Waals surface area contributed by atoms with Crippen molar-refractivity contribution in [1.29, 1.82) is 0 Å². The summed E-state index contributed by atoms with van der Waals surface area (Å²) in [5, 5.41) is 14.3. The van der Waals surface area contributed by atoms with E-state index in [1.807, 2.05) is 0 Å². The quantitative estimate of drug-likeness (QED) is 0.631. The zero-order valence-corrected chi connectivity index (χ0v) is 15.0. The SMILES string of the molecule is CC(NC(=O)c1ccc(S(C)(=O)=O)c([N+](=O)[O-])c1)c1cccc(Cl)c1. The molecular formula is C16H15ClN2O5S. The first kappa shape index (κ1) is 18.9. The van der Waals surface area contributed by atoms with Crippen molar-refractivity contribution in [3.63, 3.8) is 0 Å². The van der Waals surface area contributed by atoms with E-state index < -0.39 is 31.3 Å². The average molecular weight is 383 g/mol. The Hall–Kier alpha value is -2.45. The molecule has 2 aromatic carbocycles. The minimum absolute atomic E-state index is 0.00650. The van der Waals surface area contributed by atoms with Crippen molar-refractivity contribution in [2.24, 2.45) is 0 Å². The van der Waals surface area contributed by atoms with E-state index >= 15 is 0 Å². The number of nitro benzene ring substituents is 1. The number of sulfone groups is 1. The number of carbonyl (C=O) groups is 1. The first-order valence-electron chi connectivity index (χ1n) is 7.14. The van der Waals surface area contributed by atoms with Gasteiger partial charge in [0.15, 0.2) is 9.84 Å². The predicted octanol–water partition coefficient (Wildman–Crippen LogP) is 3.14. The summed E-state index contributed by atoms with van der Waals surface area (Å²) in [5.41, 5.74) is 0.127. The van der Waals surface area contributed by atoms with Crippen LogP contribution in [0.4, 0.5) is 5.69 Å². The number of hydrogen-bond acceptors (Lipinski definition) is 5. The van der Waals surface area contributed by atoms with E-state index in [2.05, 4.69) is 5.32 Å². The van der Waals surface area contributed by atoms with Crippen LogP contribution in [0, 0.1) is 10.1 Å². The maximum Gasteiger partial charge on any atom is 0.288 e. The molecular weight excluding hydrogens is 368 g/mol. The number of halogens is 1. The molecule has 0 spiro atoms. The minimum Gasteiger partial charge on any atom is -0.346 e. The van der Waals surface area contributed by atoms with Gasteiger partial charge in [0, 0.05) is 22.9 Å². The molecule has 2 aromatic rings. The summed E-state index contributed by atoms with van der Waals surface area (Å²) in [5.74, 6) is -0.560. The maximum atomic E-state index is 12.3. The van der Waals surface area contributed by atoms with E-state index in [1.54, 1.807) is 31.2 Å². The summed E-state index contributed by atoms with van der Waals surface area (Å²) >= 11 is 5.91. The van der Waals surface area contributed by atoms with Gasteiger partial charge in [-0.05, 0) is 36.8 Å². The number of nitrogens with one attached hydrogen (secondary N) is 1. The van der Waals surface area contributed by atoms with Crippen molar-refractivity contribution in [2.45, 2.75) is 17.9 Å². The lowest BCUT2D eigenvalue weighted by Crippen LogP contribution is -2.26. The third-order valence-corrected chi connectivity index (χ3v) is 4.89. The summed E-state index contributed by atoms with van der Waals surface area (Å²) in [6, 6.07) is 9.79. The fraction of sp³-hybridized carbons (Fsp3) is 0.188. The Kier molecular flexibility index (Phi) is 5.44. The molecule has 0 aliphatic rings. The van der Waals surface area contributed by atoms with Crippen LogP contribution in [0.25, 0.3) is 0 Å². The van der Waals surface area contributed by atoms with Gasteiger partial charge in [0.2, 0.25) is 0 Å². The Morgan fingerprint density at radius 3 is 2.48 bits per heavy atom. The Morgan fingerprint density at radius 1 is 1.24 bits per heavy atom. The highest BCUT2D eigenvalue weighted by atomic mass is 35.5. The van der Waals surface area contributed by atoms with Gasteiger partial charge in [-0.2, -0.15) is 0 Å². The van der Waals surface area contributed by atoms with Crippen LogP contribution in [0.1, 0.15) is 28.9 Å². The Bertz CT molecular complexity index is 943. The molecule has 1 unspecified atom stereocenters. The fourth-order valence-electron chi connectivity index (χ4n) is 2.25. The van der Waals surface area contributed by atoms with Gasteiger partial charge in [0.05, 0.1) is 11.0 Å². The highest BCUT2D eigenvalue weighted by molar-refractivity contribution is 7.90. The molecule has 0 aromatic heterocycles. The van der Waals surface area contributed by atoms with Crippen LogP contribution in [0.15, 0.2) is 47.4 Å². The normalized spacial score (nSPS) is 12.4. The molecule has 0 saturated heterocycles. The molecule has 132 valence electrons. The van der Waals surface area contributed by atoms with Crippen LogP contribution in [0.3, 0.4) is 0 Å². The lowest BCUT2D eigenvalue weighted by atomic mass is 10.1. The molecule has 0 radical (unpaired) electrons. The van der Waals surface area contributed by atoms with Gasteiger partial charge in [-0.25, -0.2) is 8.42 Å². The smallest absolute Gasteiger partial charge is 0.288 e. The van der Waals surface area contributed by atoms with Crippen LogP contribution < -0.4 is 5.32 Å². The molecule has 0 aliphatic heterocycles. The first-order chi connectivity index (χ1) is 11.6. The topological polar surface area (TPSA) is 106 Å². The number of benzene rings is 2. The second kappa shape index (κ2) is 7.20. The molecule has 9 heteroatoms. The van der Waals surface area contributed by atoms with E-state index in [4.69, 9.17) is 11.6 Å². The number of nitrogens with zero attached hydrogens (tertiary/aromatic N) is 1. The van der Waals surface area contributed by atoms with E-state index in [0.29, 0.717) is 5.02 Å². The van der Waals surface area contributed by atoms with Gasteiger partial charge in [0.25, 0.3) is 11.6 Å². The Labute approximate surface area is 149 Å². The summed E-state index contributed by atoms with van der Waals surface area (Å²) in [6.07, 6.45) is 0.871. The number of nitro groups is 1. The monoisotopic (exact) mass is 382 g/mol. The highest BCUT2D eigenvalue weighted by Gasteiger charge is 2.24. The average Bonchev–Trinajstić information content (AvgIpc) is 2.53. The van der Waals surface area contributed by atoms with Crippen LogP contribution in [0.2, 0.25) is 5.02 Å². The molecule has 0 aliphatic carbocycles. The standard InChI is InChI=1S/C16H15ClN2O5S/c1-10(11-4-3-5-13(17)8-11)18-16(20)12-6-7-15(25(2,23)24)14(9-12)19(21)22/h3-10H,1-2H3,(H,18,20). The van der Waals surface area contributed by atoms with E-state index in [0.717, 1.165) is 24.0 Å². The zero-order chi connectivity index (χ0) is 18.8. The Morgan fingerprint density at radius 2 is 1.92 bits per heavy atom. The van der Waals surface area contributed by atoms with Crippen molar-refractivity contribution in [2.75, 3.05) is 6.26 Å². The third-order valence-electron chi connectivity index (χ3n) is 3.51. The van der Waals surface area contributed by atoms with Crippen molar-refractivity contribution in [3.8, 4) is 0 Å². The van der Waals surface area contributed by atoms with Crippen molar-refractivity contribution in [3.05, 3.63) is 68.7 Å².